The van der Waals surface area contributed by atoms with Crippen LogP contribution in [0.2, 0.25) is 0 Å². The van der Waals surface area contributed by atoms with Gasteiger partial charge in [-0.05, 0) is 18.2 Å². The van der Waals surface area contributed by atoms with Crippen LogP contribution in [0.1, 0.15) is 16.3 Å². The van der Waals surface area contributed by atoms with Crippen molar-refractivity contribution in [1.82, 2.24) is 15.0 Å². The van der Waals surface area contributed by atoms with Crippen LogP contribution in [0.5, 0.6) is 0 Å². The highest BCUT2D eigenvalue weighted by Crippen LogP contribution is 2.22. The molecular weight excluding hydrogens is 254 g/mol. The van der Waals surface area contributed by atoms with E-state index in [1.807, 2.05) is 24.3 Å². The first kappa shape index (κ1) is 10.2. The molecular formula is C11H10BrN3. The summed E-state index contributed by atoms with van der Waals surface area (Å²) in [5.74, 6) is 0.795. The molecule has 0 saturated carbocycles. The lowest BCUT2D eigenvalue weighted by atomic mass is 10.2. The summed E-state index contributed by atoms with van der Waals surface area (Å²) in [7, 11) is 0. The van der Waals surface area contributed by atoms with Gasteiger partial charge in [-0.15, -0.1) is 0 Å². The van der Waals surface area contributed by atoms with E-state index in [1.165, 1.54) is 0 Å². The molecule has 0 aromatic carbocycles. The van der Waals surface area contributed by atoms with E-state index in [0.717, 1.165) is 17.9 Å². The molecule has 4 heteroatoms. The Kier molecular flexibility index (Phi) is 3.40. The topological polar surface area (TPSA) is 38.7 Å². The van der Waals surface area contributed by atoms with Crippen LogP contribution in [0.4, 0.5) is 0 Å². The van der Waals surface area contributed by atoms with Crippen LogP contribution in [0, 0.1) is 0 Å². The quantitative estimate of drug-likeness (QED) is 0.799. The van der Waals surface area contributed by atoms with Gasteiger partial charge in [0.15, 0.2) is 0 Å². The van der Waals surface area contributed by atoms with Crippen LogP contribution in [-0.2, 0) is 6.42 Å². The van der Waals surface area contributed by atoms with Crippen molar-refractivity contribution in [2.45, 2.75) is 11.2 Å². The van der Waals surface area contributed by atoms with Crippen LogP contribution in [0.15, 0.2) is 42.9 Å². The molecule has 0 fully saturated rings. The largest absolute Gasteiger partial charge is 0.261 e. The molecule has 1 unspecified atom stereocenters. The highest BCUT2D eigenvalue weighted by molar-refractivity contribution is 9.09. The van der Waals surface area contributed by atoms with Crippen molar-refractivity contribution < 1.29 is 0 Å². The van der Waals surface area contributed by atoms with Crippen molar-refractivity contribution in [3.05, 3.63) is 54.4 Å². The molecule has 0 aliphatic carbocycles. The molecule has 0 aliphatic heterocycles. The van der Waals surface area contributed by atoms with Crippen molar-refractivity contribution in [2.75, 3.05) is 0 Å². The monoisotopic (exact) mass is 263 g/mol. The Hall–Kier alpha value is -1.29. The van der Waals surface area contributed by atoms with Crippen LogP contribution < -0.4 is 0 Å². The van der Waals surface area contributed by atoms with Gasteiger partial charge in [-0.25, -0.2) is 9.97 Å². The molecule has 15 heavy (non-hydrogen) atoms. The van der Waals surface area contributed by atoms with Gasteiger partial charge in [-0.1, -0.05) is 22.0 Å². The third kappa shape index (κ3) is 2.83. The fraction of sp³-hybridized carbons (Fsp3) is 0.182. The standard InChI is InChI=1S/C11H10BrN3/c12-10(11-14-6-3-7-15-11)8-9-4-1-2-5-13-9/h1-7,10H,8H2. The molecule has 0 N–H and O–H groups in total. The molecule has 0 amide bonds. The second-order valence-electron chi connectivity index (χ2n) is 3.10. The number of halogens is 1. The van der Waals surface area contributed by atoms with Gasteiger partial charge in [-0.2, -0.15) is 0 Å². The minimum absolute atomic E-state index is 0.119. The molecule has 0 aliphatic rings. The van der Waals surface area contributed by atoms with E-state index in [2.05, 4.69) is 30.9 Å². The van der Waals surface area contributed by atoms with E-state index < -0.39 is 0 Å². The number of hydrogen-bond acceptors (Lipinski definition) is 3. The highest BCUT2D eigenvalue weighted by atomic mass is 79.9. The van der Waals surface area contributed by atoms with E-state index in [1.54, 1.807) is 18.6 Å². The first-order valence-electron chi connectivity index (χ1n) is 4.67. The number of aromatic nitrogens is 3. The summed E-state index contributed by atoms with van der Waals surface area (Å²) in [5.41, 5.74) is 1.03. The molecule has 2 rings (SSSR count). The zero-order chi connectivity index (χ0) is 10.5. The van der Waals surface area contributed by atoms with Crippen LogP contribution >= 0.6 is 15.9 Å². The predicted octanol–water partition coefficient (Wildman–Crippen LogP) is 2.55. The lowest BCUT2D eigenvalue weighted by molar-refractivity contribution is 0.827. The molecule has 0 radical (unpaired) electrons. The summed E-state index contributed by atoms with van der Waals surface area (Å²) in [6.07, 6.45) is 6.08. The number of rotatable bonds is 3. The maximum atomic E-state index is 4.26. The lowest BCUT2D eigenvalue weighted by Gasteiger charge is -2.06. The molecule has 0 spiro atoms. The summed E-state index contributed by atoms with van der Waals surface area (Å²) in [4.78, 5) is 12.8. The maximum absolute atomic E-state index is 4.26. The van der Waals surface area contributed by atoms with Gasteiger partial charge in [0.1, 0.15) is 5.82 Å². The third-order valence-electron chi connectivity index (χ3n) is 1.98. The second-order valence-corrected chi connectivity index (χ2v) is 4.21. The summed E-state index contributed by atoms with van der Waals surface area (Å²) >= 11 is 3.56. The molecule has 76 valence electrons. The van der Waals surface area contributed by atoms with Gasteiger partial charge < -0.3 is 0 Å². The van der Waals surface area contributed by atoms with Gasteiger partial charge in [0.2, 0.25) is 0 Å². The SMILES string of the molecule is BrC(Cc1ccccn1)c1ncccn1. The fourth-order valence-electron chi connectivity index (χ4n) is 1.27. The van der Waals surface area contributed by atoms with E-state index >= 15 is 0 Å². The summed E-state index contributed by atoms with van der Waals surface area (Å²) < 4.78 is 0. The van der Waals surface area contributed by atoms with Crippen LogP contribution in [0.3, 0.4) is 0 Å². The predicted molar refractivity (Wildman–Crippen MR) is 61.6 cm³/mol. The first-order chi connectivity index (χ1) is 7.36. The third-order valence-corrected chi connectivity index (χ3v) is 2.71. The van der Waals surface area contributed by atoms with Gasteiger partial charge in [0, 0.05) is 30.7 Å². The Morgan fingerprint density at radius 1 is 1.00 bits per heavy atom. The molecule has 2 aromatic heterocycles. The van der Waals surface area contributed by atoms with Gasteiger partial charge in [0.05, 0.1) is 4.83 Å². The minimum Gasteiger partial charge on any atom is -0.261 e. The smallest absolute Gasteiger partial charge is 0.142 e. The van der Waals surface area contributed by atoms with Crippen molar-refractivity contribution in [3.63, 3.8) is 0 Å². The van der Waals surface area contributed by atoms with Crippen molar-refractivity contribution in [3.8, 4) is 0 Å². The van der Waals surface area contributed by atoms with E-state index in [4.69, 9.17) is 0 Å². The summed E-state index contributed by atoms with van der Waals surface area (Å²) in [6, 6.07) is 7.70. The zero-order valence-corrected chi connectivity index (χ0v) is 9.63. The second kappa shape index (κ2) is 4.98. The Bertz CT molecular complexity index is 405. The van der Waals surface area contributed by atoms with Crippen molar-refractivity contribution in [2.24, 2.45) is 0 Å². The normalized spacial score (nSPS) is 12.3. The fourth-order valence-corrected chi connectivity index (χ4v) is 1.83. The molecule has 2 aromatic rings. The van der Waals surface area contributed by atoms with Gasteiger partial charge >= 0.3 is 0 Å². The summed E-state index contributed by atoms with van der Waals surface area (Å²) in [5, 5.41) is 0. The maximum Gasteiger partial charge on any atom is 0.142 e. The molecule has 0 saturated heterocycles. The first-order valence-corrected chi connectivity index (χ1v) is 5.59. The van der Waals surface area contributed by atoms with Crippen LogP contribution in [0.25, 0.3) is 0 Å². The van der Waals surface area contributed by atoms with Crippen molar-refractivity contribution in [1.29, 1.82) is 0 Å². The van der Waals surface area contributed by atoms with Crippen molar-refractivity contribution >= 4 is 15.9 Å². The Balaban J connectivity index is 2.08. The Labute approximate surface area is 96.7 Å². The Morgan fingerprint density at radius 2 is 1.73 bits per heavy atom. The van der Waals surface area contributed by atoms with E-state index in [9.17, 15) is 0 Å². The molecule has 1 atom stereocenters. The zero-order valence-electron chi connectivity index (χ0n) is 8.05. The molecule has 0 bridgehead atoms. The number of alkyl halides is 1. The average molecular weight is 264 g/mol. The molecule has 2 heterocycles. The number of pyridine rings is 1. The average Bonchev–Trinajstić information content (AvgIpc) is 2.31. The highest BCUT2D eigenvalue weighted by Gasteiger charge is 2.10. The lowest BCUT2D eigenvalue weighted by Crippen LogP contribution is -2.01. The number of hydrogen-bond donors (Lipinski definition) is 0. The minimum atomic E-state index is 0.119. The molecule has 3 nitrogen and oxygen atoms in total. The van der Waals surface area contributed by atoms with E-state index in [-0.39, 0.29) is 4.83 Å². The van der Waals surface area contributed by atoms with E-state index in [0.29, 0.717) is 0 Å². The summed E-state index contributed by atoms with van der Waals surface area (Å²) in [6.45, 7) is 0. The Morgan fingerprint density at radius 3 is 2.40 bits per heavy atom. The van der Waals surface area contributed by atoms with Gasteiger partial charge in [0.25, 0.3) is 0 Å². The van der Waals surface area contributed by atoms with Crippen LogP contribution in [-0.4, -0.2) is 15.0 Å². The van der Waals surface area contributed by atoms with Gasteiger partial charge in [-0.3, -0.25) is 4.98 Å². The number of nitrogens with zero attached hydrogens (tertiary/aromatic N) is 3.